The van der Waals surface area contributed by atoms with Crippen LogP contribution >= 0.6 is 0 Å². The van der Waals surface area contributed by atoms with Crippen molar-refractivity contribution in [3.8, 4) is 16.9 Å². The summed E-state index contributed by atoms with van der Waals surface area (Å²) in [7, 11) is -3.62. The Bertz CT molecular complexity index is 904. The molecule has 5 nitrogen and oxygen atoms in total. The molecule has 0 aliphatic rings. The quantitative estimate of drug-likeness (QED) is 0.749. The Morgan fingerprint density at radius 2 is 1.62 bits per heavy atom. The maximum absolute atomic E-state index is 12.7. The minimum atomic E-state index is -3.62. The molecule has 0 aliphatic heterocycles. The molecule has 1 N–H and O–H groups in total. The van der Waals surface area contributed by atoms with Gasteiger partial charge in [0.25, 0.3) is 0 Å². The molecule has 6 heteroatoms. The first-order valence-electron chi connectivity index (χ1n) is 7.82. The third-order valence-electron chi connectivity index (χ3n) is 3.58. The first-order chi connectivity index (χ1) is 11.6. The summed E-state index contributed by atoms with van der Waals surface area (Å²) in [5.74, 6) is 0. The van der Waals surface area contributed by atoms with E-state index in [1.54, 1.807) is 10.9 Å². The van der Waals surface area contributed by atoms with Crippen LogP contribution < -0.4 is 4.72 Å². The number of benzene rings is 2. The Kier molecular flexibility index (Phi) is 4.78. The Morgan fingerprint density at radius 1 is 1.00 bits per heavy atom. The van der Waals surface area contributed by atoms with Crippen LogP contribution in [0.2, 0.25) is 0 Å². The second kappa shape index (κ2) is 6.98. The lowest BCUT2D eigenvalue weighted by Gasteiger charge is -2.05. The predicted octanol–water partition coefficient (Wildman–Crippen LogP) is 3.23. The second-order valence-corrected chi connectivity index (χ2v) is 7.12. The van der Waals surface area contributed by atoms with Crippen molar-refractivity contribution < 1.29 is 8.42 Å². The van der Waals surface area contributed by atoms with Crippen LogP contribution in [-0.4, -0.2) is 24.7 Å². The topological polar surface area (TPSA) is 64.0 Å². The molecule has 0 unspecified atom stereocenters. The van der Waals surface area contributed by atoms with Gasteiger partial charge in [0.1, 0.15) is 10.6 Å². The van der Waals surface area contributed by atoms with Gasteiger partial charge < -0.3 is 0 Å². The molecule has 0 fully saturated rings. The summed E-state index contributed by atoms with van der Waals surface area (Å²) in [4.78, 5) is 0.186. The molecule has 124 valence electrons. The fraction of sp³-hybridized carbons (Fsp3) is 0.167. The predicted molar refractivity (Wildman–Crippen MR) is 94.5 cm³/mol. The van der Waals surface area contributed by atoms with Crippen molar-refractivity contribution >= 4 is 10.0 Å². The number of sulfonamides is 1. The van der Waals surface area contributed by atoms with Gasteiger partial charge in [-0.2, -0.15) is 5.10 Å². The van der Waals surface area contributed by atoms with Crippen molar-refractivity contribution in [2.75, 3.05) is 6.54 Å². The first-order valence-corrected chi connectivity index (χ1v) is 9.30. The van der Waals surface area contributed by atoms with Crippen molar-refractivity contribution in [2.24, 2.45) is 0 Å². The molecule has 1 aromatic heterocycles. The summed E-state index contributed by atoms with van der Waals surface area (Å²) in [5, 5.41) is 4.52. The zero-order valence-corrected chi connectivity index (χ0v) is 14.2. The Morgan fingerprint density at radius 3 is 2.25 bits per heavy atom. The molecule has 0 saturated heterocycles. The fourth-order valence-electron chi connectivity index (χ4n) is 2.38. The summed E-state index contributed by atoms with van der Waals surface area (Å²) in [6.07, 6.45) is 2.29. The lowest BCUT2D eigenvalue weighted by atomic mass is 10.2. The molecule has 0 amide bonds. The normalized spacial score (nSPS) is 11.5. The maximum Gasteiger partial charge on any atom is 0.244 e. The zero-order chi connectivity index (χ0) is 17.0. The number of aromatic nitrogens is 2. The number of nitrogens with zero attached hydrogens (tertiary/aromatic N) is 2. The van der Waals surface area contributed by atoms with E-state index in [1.165, 1.54) is 0 Å². The van der Waals surface area contributed by atoms with E-state index >= 15 is 0 Å². The third-order valence-corrected chi connectivity index (χ3v) is 5.04. The smallest absolute Gasteiger partial charge is 0.239 e. The van der Waals surface area contributed by atoms with Crippen molar-refractivity contribution in [2.45, 2.75) is 18.2 Å². The average molecular weight is 341 g/mol. The van der Waals surface area contributed by atoms with Gasteiger partial charge in [0, 0.05) is 12.1 Å². The lowest BCUT2D eigenvalue weighted by molar-refractivity contribution is 0.581. The Labute approximate surface area is 142 Å². The molecule has 24 heavy (non-hydrogen) atoms. The Hall–Kier alpha value is -2.44. The molecule has 0 radical (unpaired) electrons. The molecule has 0 bridgehead atoms. The van der Waals surface area contributed by atoms with E-state index < -0.39 is 10.0 Å². The van der Waals surface area contributed by atoms with Crippen molar-refractivity contribution in [3.63, 3.8) is 0 Å². The summed E-state index contributed by atoms with van der Waals surface area (Å²) >= 11 is 0. The highest BCUT2D eigenvalue weighted by atomic mass is 32.2. The van der Waals surface area contributed by atoms with Gasteiger partial charge in [-0.1, -0.05) is 55.5 Å². The van der Waals surface area contributed by atoms with Gasteiger partial charge in [-0.25, -0.2) is 17.8 Å². The molecule has 0 aliphatic carbocycles. The SMILES string of the molecule is CCCNS(=O)(=O)c1cn(-c2ccccc2)nc1-c1ccccc1. The zero-order valence-electron chi connectivity index (χ0n) is 13.4. The van der Waals surface area contributed by atoms with E-state index in [0.29, 0.717) is 12.2 Å². The van der Waals surface area contributed by atoms with Crippen LogP contribution in [0.5, 0.6) is 0 Å². The van der Waals surface area contributed by atoms with E-state index in [-0.39, 0.29) is 4.90 Å². The number of nitrogens with one attached hydrogen (secondary N) is 1. The van der Waals surface area contributed by atoms with E-state index in [4.69, 9.17) is 0 Å². The molecule has 0 saturated carbocycles. The van der Waals surface area contributed by atoms with E-state index in [2.05, 4.69) is 9.82 Å². The van der Waals surface area contributed by atoms with Crippen LogP contribution in [0.15, 0.2) is 71.8 Å². The van der Waals surface area contributed by atoms with Crippen LogP contribution in [0.4, 0.5) is 0 Å². The van der Waals surface area contributed by atoms with Gasteiger partial charge in [-0.05, 0) is 18.6 Å². The number of para-hydroxylation sites is 1. The van der Waals surface area contributed by atoms with Crippen LogP contribution in [0.25, 0.3) is 16.9 Å². The summed E-state index contributed by atoms with van der Waals surface area (Å²) in [6.45, 7) is 2.32. The van der Waals surface area contributed by atoms with Gasteiger partial charge in [0.05, 0.1) is 11.9 Å². The van der Waals surface area contributed by atoms with Crippen LogP contribution in [0, 0.1) is 0 Å². The fourth-order valence-corrected chi connectivity index (χ4v) is 3.66. The molecule has 2 aromatic carbocycles. The van der Waals surface area contributed by atoms with Gasteiger partial charge >= 0.3 is 0 Å². The summed E-state index contributed by atoms with van der Waals surface area (Å²) in [5.41, 5.74) is 2.03. The minimum Gasteiger partial charge on any atom is -0.239 e. The van der Waals surface area contributed by atoms with Crippen molar-refractivity contribution in [1.29, 1.82) is 0 Å². The van der Waals surface area contributed by atoms with Gasteiger partial charge in [-0.3, -0.25) is 0 Å². The maximum atomic E-state index is 12.7. The van der Waals surface area contributed by atoms with Crippen LogP contribution in [-0.2, 0) is 10.0 Å². The van der Waals surface area contributed by atoms with Gasteiger partial charge in [0.15, 0.2) is 0 Å². The summed E-state index contributed by atoms with van der Waals surface area (Å²) in [6, 6.07) is 18.8. The molecule has 0 spiro atoms. The molecule has 1 heterocycles. The number of hydrogen-bond donors (Lipinski definition) is 1. The molecule has 0 atom stereocenters. The summed E-state index contributed by atoms with van der Waals surface area (Å²) < 4.78 is 29.5. The van der Waals surface area contributed by atoms with Crippen LogP contribution in [0.1, 0.15) is 13.3 Å². The van der Waals surface area contributed by atoms with Crippen LogP contribution in [0.3, 0.4) is 0 Å². The molecular weight excluding hydrogens is 322 g/mol. The van der Waals surface area contributed by atoms with Crippen molar-refractivity contribution in [3.05, 3.63) is 66.9 Å². The van der Waals surface area contributed by atoms with Crippen molar-refractivity contribution in [1.82, 2.24) is 14.5 Å². The molecule has 3 rings (SSSR count). The monoisotopic (exact) mass is 341 g/mol. The number of hydrogen-bond acceptors (Lipinski definition) is 3. The second-order valence-electron chi connectivity index (χ2n) is 5.39. The first kappa shape index (κ1) is 16.4. The highest BCUT2D eigenvalue weighted by Gasteiger charge is 2.23. The van der Waals surface area contributed by atoms with Gasteiger partial charge in [0.2, 0.25) is 10.0 Å². The standard InChI is InChI=1S/C18H19N3O2S/c1-2-13-19-24(22,23)17-14-21(16-11-7-4-8-12-16)20-18(17)15-9-5-3-6-10-15/h3-12,14,19H,2,13H2,1H3. The van der Waals surface area contributed by atoms with Gasteiger partial charge in [-0.15, -0.1) is 0 Å². The Balaban J connectivity index is 2.14. The lowest BCUT2D eigenvalue weighted by Crippen LogP contribution is -2.24. The third kappa shape index (κ3) is 3.39. The highest BCUT2D eigenvalue weighted by Crippen LogP contribution is 2.27. The minimum absolute atomic E-state index is 0.186. The molecule has 3 aromatic rings. The van der Waals surface area contributed by atoms with E-state index in [0.717, 1.165) is 17.7 Å². The number of rotatable bonds is 6. The highest BCUT2D eigenvalue weighted by molar-refractivity contribution is 7.89. The van der Waals surface area contributed by atoms with E-state index in [9.17, 15) is 8.42 Å². The average Bonchev–Trinajstić information content (AvgIpc) is 3.08. The van der Waals surface area contributed by atoms with E-state index in [1.807, 2.05) is 67.6 Å². The molecular formula is C18H19N3O2S. The largest absolute Gasteiger partial charge is 0.244 e.